The van der Waals surface area contributed by atoms with Crippen LogP contribution in [0.4, 0.5) is 0 Å². The molecule has 4 aliphatic carbocycles. The molecule has 0 unspecified atom stereocenters. The first-order chi connectivity index (χ1) is 10.5. The molecule has 2 amide bonds. The first kappa shape index (κ1) is 15.3. The van der Waals surface area contributed by atoms with Crippen LogP contribution < -0.4 is 5.32 Å². The zero-order valence-corrected chi connectivity index (χ0v) is 13.2. The lowest BCUT2D eigenvalue weighted by molar-refractivity contribution is -0.148. The van der Waals surface area contributed by atoms with Gasteiger partial charge in [0.1, 0.15) is 0 Å². The third kappa shape index (κ3) is 2.83. The van der Waals surface area contributed by atoms with E-state index in [2.05, 4.69) is 18.5 Å². The van der Waals surface area contributed by atoms with Gasteiger partial charge >= 0.3 is 11.8 Å². The molecule has 120 valence electrons. The summed E-state index contributed by atoms with van der Waals surface area (Å²) in [6.07, 6.45) is 10.4. The van der Waals surface area contributed by atoms with E-state index in [1.54, 1.807) is 12.2 Å². The van der Waals surface area contributed by atoms with Gasteiger partial charge in [0, 0.05) is 18.6 Å². The molecule has 0 aliphatic heterocycles. The van der Waals surface area contributed by atoms with Crippen LogP contribution >= 0.6 is 0 Å². The Balaban J connectivity index is 1.67. The minimum absolute atomic E-state index is 0.116. The van der Waals surface area contributed by atoms with Crippen LogP contribution in [-0.4, -0.2) is 35.3 Å². The average molecular weight is 302 g/mol. The Bertz CT molecular complexity index is 452. The second-order valence-electron chi connectivity index (χ2n) is 7.44. The number of hydrogen-bond donors (Lipinski definition) is 1. The fourth-order valence-electron chi connectivity index (χ4n) is 5.25. The highest BCUT2D eigenvalue weighted by molar-refractivity contribution is 6.35. The first-order valence-corrected chi connectivity index (χ1v) is 8.38. The van der Waals surface area contributed by atoms with Gasteiger partial charge in [-0.25, -0.2) is 0 Å². The van der Waals surface area contributed by atoms with Crippen molar-refractivity contribution >= 4 is 11.8 Å². The van der Waals surface area contributed by atoms with Crippen molar-refractivity contribution in [2.45, 2.75) is 44.1 Å². The quantitative estimate of drug-likeness (QED) is 0.625. The van der Waals surface area contributed by atoms with Gasteiger partial charge in [-0.2, -0.15) is 0 Å². The van der Waals surface area contributed by atoms with Crippen molar-refractivity contribution in [1.29, 1.82) is 0 Å². The van der Waals surface area contributed by atoms with E-state index >= 15 is 0 Å². The van der Waals surface area contributed by atoms with E-state index in [0.717, 1.165) is 37.0 Å². The van der Waals surface area contributed by atoms with Gasteiger partial charge in [-0.05, 0) is 56.3 Å². The molecule has 0 radical (unpaired) electrons. The number of hydrogen-bond acceptors (Lipinski definition) is 2. The minimum atomic E-state index is -0.462. The summed E-state index contributed by atoms with van der Waals surface area (Å²) in [6, 6.07) is 0. The van der Waals surface area contributed by atoms with Gasteiger partial charge in [0.25, 0.3) is 0 Å². The minimum Gasteiger partial charge on any atom is -0.342 e. The Morgan fingerprint density at radius 3 is 1.86 bits per heavy atom. The maximum atomic E-state index is 12.4. The topological polar surface area (TPSA) is 49.4 Å². The average Bonchev–Trinajstić information content (AvgIpc) is 2.44. The molecule has 22 heavy (non-hydrogen) atoms. The normalized spacial score (nSPS) is 35.0. The molecular weight excluding hydrogens is 276 g/mol. The molecule has 0 saturated heterocycles. The molecule has 4 rings (SSSR count). The molecule has 0 aromatic carbocycles. The van der Waals surface area contributed by atoms with Crippen molar-refractivity contribution in [3.05, 3.63) is 25.3 Å². The highest BCUT2D eigenvalue weighted by Gasteiger charge is 2.52. The monoisotopic (exact) mass is 302 g/mol. The van der Waals surface area contributed by atoms with Crippen LogP contribution in [-0.2, 0) is 9.59 Å². The summed E-state index contributed by atoms with van der Waals surface area (Å²) in [4.78, 5) is 26.3. The second kappa shape index (κ2) is 5.90. The number of carbonyl (C=O) groups excluding carboxylic acids is 2. The van der Waals surface area contributed by atoms with E-state index in [-0.39, 0.29) is 5.54 Å². The van der Waals surface area contributed by atoms with Crippen molar-refractivity contribution in [2.75, 3.05) is 13.1 Å². The molecule has 4 bridgehead atoms. The molecule has 0 spiro atoms. The summed E-state index contributed by atoms with van der Waals surface area (Å²) in [7, 11) is 0. The summed E-state index contributed by atoms with van der Waals surface area (Å²) in [6.45, 7) is 8.04. The van der Waals surface area contributed by atoms with Crippen molar-refractivity contribution in [2.24, 2.45) is 17.8 Å². The Hall–Kier alpha value is -1.58. The Labute approximate surface area is 132 Å². The van der Waals surface area contributed by atoms with Crippen molar-refractivity contribution in [1.82, 2.24) is 10.2 Å². The SMILES string of the molecule is C=CCN(CC=C)C(=O)C(=O)NC12CC3CC(CC(C3)C1)C2. The van der Waals surface area contributed by atoms with Gasteiger partial charge in [0.15, 0.2) is 0 Å². The van der Waals surface area contributed by atoms with E-state index < -0.39 is 11.8 Å². The Morgan fingerprint density at radius 2 is 1.45 bits per heavy atom. The lowest BCUT2D eigenvalue weighted by atomic mass is 9.53. The lowest BCUT2D eigenvalue weighted by Gasteiger charge is -2.56. The number of rotatable bonds is 5. The van der Waals surface area contributed by atoms with Crippen LogP contribution in [0.5, 0.6) is 0 Å². The molecule has 0 aromatic rings. The molecule has 4 nitrogen and oxygen atoms in total. The van der Waals surface area contributed by atoms with E-state index in [1.165, 1.54) is 24.2 Å². The van der Waals surface area contributed by atoms with Gasteiger partial charge in [-0.3, -0.25) is 9.59 Å². The molecule has 4 fully saturated rings. The van der Waals surface area contributed by atoms with Gasteiger partial charge in [-0.15, -0.1) is 13.2 Å². The Kier molecular flexibility index (Phi) is 4.11. The van der Waals surface area contributed by atoms with Crippen LogP contribution in [0.25, 0.3) is 0 Å². The van der Waals surface area contributed by atoms with Gasteiger partial charge in [0.2, 0.25) is 0 Å². The van der Waals surface area contributed by atoms with E-state index in [0.29, 0.717) is 13.1 Å². The third-order valence-electron chi connectivity index (χ3n) is 5.60. The smallest absolute Gasteiger partial charge is 0.312 e. The zero-order chi connectivity index (χ0) is 15.7. The van der Waals surface area contributed by atoms with Gasteiger partial charge in [-0.1, -0.05) is 12.2 Å². The fraction of sp³-hybridized carbons (Fsp3) is 0.667. The number of nitrogens with one attached hydrogen (secondary N) is 1. The standard InChI is InChI=1S/C18H26N2O2/c1-3-5-20(6-4-2)17(22)16(21)19-18-10-13-7-14(11-18)9-15(8-13)12-18/h3-4,13-15H,1-2,5-12H2,(H,19,21). The van der Waals surface area contributed by atoms with E-state index in [1.807, 2.05) is 0 Å². The highest BCUT2D eigenvalue weighted by atomic mass is 16.2. The van der Waals surface area contributed by atoms with E-state index in [9.17, 15) is 9.59 Å². The maximum Gasteiger partial charge on any atom is 0.312 e. The zero-order valence-electron chi connectivity index (χ0n) is 13.2. The number of nitrogens with zero attached hydrogens (tertiary/aromatic N) is 1. The van der Waals surface area contributed by atoms with Crippen LogP contribution in [0.3, 0.4) is 0 Å². The molecule has 4 heteroatoms. The van der Waals surface area contributed by atoms with Gasteiger partial charge < -0.3 is 10.2 Å². The lowest BCUT2D eigenvalue weighted by Crippen LogP contribution is -2.61. The largest absolute Gasteiger partial charge is 0.342 e. The molecule has 0 heterocycles. The van der Waals surface area contributed by atoms with Crippen molar-refractivity contribution in [3.8, 4) is 0 Å². The van der Waals surface area contributed by atoms with Crippen LogP contribution in [0.2, 0.25) is 0 Å². The highest BCUT2D eigenvalue weighted by Crippen LogP contribution is 2.55. The van der Waals surface area contributed by atoms with Crippen LogP contribution in [0.15, 0.2) is 25.3 Å². The predicted octanol–water partition coefficient (Wildman–Crippen LogP) is 2.27. The molecule has 4 saturated carbocycles. The third-order valence-corrected chi connectivity index (χ3v) is 5.60. The summed E-state index contributed by atoms with van der Waals surface area (Å²) in [5.74, 6) is 1.33. The van der Waals surface area contributed by atoms with Crippen molar-refractivity contribution in [3.63, 3.8) is 0 Å². The molecular formula is C18H26N2O2. The molecule has 0 atom stereocenters. The van der Waals surface area contributed by atoms with E-state index in [4.69, 9.17) is 0 Å². The summed E-state index contributed by atoms with van der Waals surface area (Å²) < 4.78 is 0. The summed E-state index contributed by atoms with van der Waals surface area (Å²) in [5.41, 5.74) is -0.116. The maximum absolute atomic E-state index is 12.4. The van der Waals surface area contributed by atoms with Gasteiger partial charge in [0.05, 0.1) is 0 Å². The second-order valence-corrected chi connectivity index (χ2v) is 7.44. The number of amides is 2. The number of carbonyl (C=O) groups is 2. The van der Waals surface area contributed by atoms with Crippen LogP contribution in [0, 0.1) is 17.8 Å². The molecule has 0 aromatic heterocycles. The first-order valence-electron chi connectivity index (χ1n) is 8.38. The van der Waals surface area contributed by atoms with Crippen molar-refractivity contribution < 1.29 is 9.59 Å². The van der Waals surface area contributed by atoms with Crippen LogP contribution in [0.1, 0.15) is 38.5 Å². The fourth-order valence-corrected chi connectivity index (χ4v) is 5.25. The molecule has 4 aliphatic rings. The summed E-state index contributed by atoms with van der Waals surface area (Å²) in [5, 5.41) is 3.12. The summed E-state index contributed by atoms with van der Waals surface area (Å²) >= 11 is 0. The Morgan fingerprint density at radius 1 is 1.00 bits per heavy atom. The predicted molar refractivity (Wildman–Crippen MR) is 86.0 cm³/mol. The molecule has 1 N–H and O–H groups in total.